The molecule has 2 rings (SSSR count). The largest absolute Gasteiger partial charge is 0.409 e. The summed E-state index contributed by atoms with van der Waals surface area (Å²) in [6, 6.07) is 6.65. The molecule has 0 radical (unpaired) electrons. The average Bonchev–Trinajstić information content (AvgIpc) is 2.92. The minimum absolute atomic E-state index is 0.00406. The van der Waals surface area contributed by atoms with Gasteiger partial charge in [0.1, 0.15) is 0 Å². The minimum Gasteiger partial charge on any atom is -0.409 e. The number of oxime groups is 1. The van der Waals surface area contributed by atoms with Gasteiger partial charge in [-0.15, -0.1) is 0 Å². The van der Waals surface area contributed by atoms with E-state index in [4.69, 9.17) is 10.9 Å². The molecule has 0 atom stereocenters. The zero-order valence-electron chi connectivity index (χ0n) is 11.3. The Kier molecular flexibility index (Phi) is 4.24. The van der Waals surface area contributed by atoms with Crippen LogP contribution >= 0.6 is 0 Å². The predicted molar refractivity (Wildman–Crippen MR) is 76.2 cm³/mol. The maximum absolute atomic E-state index is 12.0. The number of hydrogen-bond donors (Lipinski definition) is 3. The summed E-state index contributed by atoms with van der Waals surface area (Å²) in [5.41, 5.74) is 6.73. The van der Waals surface area contributed by atoms with Gasteiger partial charge in [-0.25, -0.2) is 18.1 Å². The summed E-state index contributed by atoms with van der Waals surface area (Å²) in [4.78, 5) is 3.80. The maximum Gasteiger partial charge on any atom is 0.259 e. The third-order valence-corrected chi connectivity index (χ3v) is 4.07. The van der Waals surface area contributed by atoms with Crippen molar-refractivity contribution in [2.24, 2.45) is 17.9 Å². The lowest BCUT2D eigenvalue weighted by Gasteiger charge is -2.05. The Morgan fingerprint density at radius 3 is 2.62 bits per heavy atom. The molecule has 0 amide bonds. The van der Waals surface area contributed by atoms with Crippen molar-refractivity contribution in [1.29, 1.82) is 0 Å². The minimum atomic E-state index is -3.64. The molecule has 0 aliphatic carbocycles. The second-order valence-electron chi connectivity index (χ2n) is 4.38. The molecular weight excluding hydrogens is 294 g/mol. The molecule has 0 aliphatic rings. The van der Waals surface area contributed by atoms with Crippen LogP contribution in [0, 0.1) is 0 Å². The number of amidine groups is 1. The van der Waals surface area contributed by atoms with Crippen LogP contribution in [0.1, 0.15) is 11.1 Å². The van der Waals surface area contributed by atoms with E-state index in [0.29, 0.717) is 5.56 Å². The molecule has 2 aromatic rings. The van der Waals surface area contributed by atoms with Gasteiger partial charge in [-0.3, -0.25) is 0 Å². The fraction of sp³-hybridized carbons (Fsp3) is 0.167. The number of aromatic nitrogens is 2. The summed E-state index contributed by atoms with van der Waals surface area (Å²) in [5, 5.41) is 11.4. The van der Waals surface area contributed by atoms with Crippen molar-refractivity contribution in [3.63, 3.8) is 0 Å². The van der Waals surface area contributed by atoms with E-state index >= 15 is 0 Å². The molecule has 4 N–H and O–H groups in total. The Bertz CT molecular complexity index is 749. The van der Waals surface area contributed by atoms with Crippen LogP contribution in [0.4, 0.5) is 0 Å². The van der Waals surface area contributed by atoms with Crippen molar-refractivity contribution < 1.29 is 13.6 Å². The van der Waals surface area contributed by atoms with Crippen LogP contribution in [-0.4, -0.2) is 29.0 Å². The zero-order chi connectivity index (χ0) is 15.5. The molecule has 0 aliphatic heterocycles. The number of aryl methyl sites for hydroxylation is 1. The Morgan fingerprint density at radius 1 is 1.43 bits per heavy atom. The van der Waals surface area contributed by atoms with Gasteiger partial charge < -0.3 is 15.5 Å². The van der Waals surface area contributed by atoms with Crippen molar-refractivity contribution >= 4 is 15.9 Å². The Morgan fingerprint density at radius 2 is 2.10 bits per heavy atom. The van der Waals surface area contributed by atoms with Gasteiger partial charge in [0.15, 0.2) is 10.9 Å². The van der Waals surface area contributed by atoms with Crippen LogP contribution in [0.3, 0.4) is 0 Å². The first-order valence-electron chi connectivity index (χ1n) is 5.97. The Balaban J connectivity index is 2.06. The van der Waals surface area contributed by atoms with Crippen molar-refractivity contribution in [1.82, 2.24) is 14.3 Å². The zero-order valence-corrected chi connectivity index (χ0v) is 12.1. The van der Waals surface area contributed by atoms with Gasteiger partial charge in [-0.05, 0) is 5.56 Å². The molecule has 0 saturated heterocycles. The Hall–Kier alpha value is -2.39. The summed E-state index contributed by atoms with van der Waals surface area (Å²) in [6.45, 7) is 0.120. The highest BCUT2D eigenvalue weighted by Crippen LogP contribution is 2.08. The molecule has 1 aromatic carbocycles. The molecule has 0 spiro atoms. The van der Waals surface area contributed by atoms with Gasteiger partial charge in [0.2, 0.25) is 0 Å². The van der Waals surface area contributed by atoms with Gasteiger partial charge in [-0.2, -0.15) is 0 Å². The third kappa shape index (κ3) is 3.58. The number of hydrogen-bond acceptors (Lipinski definition) is 5. The van der Waals surface area contributed by atoms with E-state index < -0.39 is 10.0 Å². The van der Waals surface area contributed by atoms with Gasteiger partial charge >= 0.3 is 0 Å². The molecular formula is C12H15N5O3S. The summed E-state index contributed by atoms with van der Waals surface area (Å²) >= 11 is 0. The van der Waals surface area contributed by atoms with E-state index in [1.54, 1.807) is 35.9 Å². The number of sulfonamides is 1. The lowest BCUT2D eigenvalue weighted by molar-refractivity contribution is 0.318. The van der Waals surface area contributed by atoms with Gasteiger partial charge in [0.05, 0.1) is 6.33 Å². The standard InChI is InChI=1S/C12H15N5O3S/c1-17-7-11(14-8-17)21(19,20)15-6-9-2-4-10(5-3-9)12(13)16-18/h2-5,7-8,15,18H,6H2,1H3,(H2,13,16). The maximum atomic E-state index is 12.0. The quantitative estimate of drug-likeness (QED) is 0.310. The molecule has 0 fully saturated rings. The first kappa shape index (κ1) is 15.0. The number of nitrogens with one attached hydrogen (secondary N) is 1. The highest BCUT2D eigenvalue weighted by atomic mass is 32.2. The monoisotopic (exact) mass is 309 g/mol. The van der Waals surface area contributed by atoms with E-state index in [9.17, 15) is 8.42 Å². The molecule has 9 heteroatoms. The average molecular weight is 309 g/mol. The summed E-state index contributed by atoms with van der Waals surface area (Å²) in [5.74, 6) is -0.00406. The van der Waals surface area contributed by atoms with Crippen LogP contribution in [0.15, 0.2) is 47.0 Å². The summed E-state index contributed by atoms with van der Waals surface area (Å²) in [7, 11) is -1.95. The molecule has 0 bridgehead atoms. The highest BCUT2D eigenvalue weighted by molar-refractivity contribution is 7.89. The number of rotatable bonds is 5. The topological polar surface area (TPSA) is 123 Å². The van der Waals surface area contributed by atoms with Crippen molar-refractivity contribution in [3.8, 4) is 0 Å². The van der Waals surface area contributed by atoms with Gasteiger partial charge in [0, 0.05) is 25.4 Å². The van der Waals surface area contributed by atoms with E-state index in [1.165, 1.54) is 12.5 Å². The molecule has 21 heavy (non-hydrogen) atoms. The fourth-order valence-corrected chi connectivity index (χ4v) is 2.63. The van der Waals surface area contributed by atoms with Crippen LogP contribution < -0.4 is 10.5 Å². The van der Waals surface area contributed by atoms with Crippen molar-refractivity contribution in [3.05, 3.63) is 47.9 Å². The molecule has 0 unspecified atom stereocenters. The SMILES string of the molecule is Cn1cnc(S(=O)(=O)NCc2ccc(C(N)=NO)cc2)c1. The van der Waals surface area contributed by atoms with E-state index in [-0.39, 0.29) is 17.4 Å². The summed E-state index contributed by atoms with van der Waals surface area (Å²) in [6.07, 6.45) is 2.84. The predicted octanol–water partition coefficient (Wildman–Crippen LogP) is -0.00690. The number of imidazole rings is 1. The van der Waals surface area contributed by atoms with Crippen LogP contribution in [0.2, 0.25) is 0 Å². The lowest BCUT2D eigenvalue weighted by Crippen LogP contribution is -2.23. The normalized spacial score (nSPS) is 12.5. The number of nitrogens with zero attached hydrogens (tertiary/aromatic N) is 3. The van der Waals surface area contributed by atoms with Crippen molar-refractivity contribution in [2.45, 2.75) is 11.6 Å². The first-order valence-corrected chi connectivity index (χ1v) is 7.45. The van der Waals surface area contributed by atoms with Crippen LogP contribution in [0.5, 0.6) is 0 Å². The Labute approximate surface area is 122 Å². The molecule has 112 valence electrons. The molecule has 8 nitrogen and oxygen atoms in total. The summed E-state index contributed by atoms with van der Waals surface area (Å²) < 4.78 is 28.0. The molecule has 0 saturated carbocycles. The van der Waals surface area contributed by atoms with Crippen LogP contribution in [0.25, 0.3) is 0 Å². The van der Waals surface area contributed by atoms with E-state index in [1.807, 2.05) is 0 Å². The number of benzene rings is 1. The lowest BCUT2D eigenvalue weighted by atomic mass is 10.1. The highest BCUT2D eigenvalue weighted by Gasteiger charge is 2.16. The smallest absolute Gasteiger partial charge is 0.259 e. The van der Waals surface area contributed by atoms with Gasteiger partial charge in [0.25, 0.3) is 10.0 Å². The first-order chi connectivity index (χ1) is 9.92. The molecule has 1 heterocycles. The van der Waals surface area contributed by atoms with E-state index in [2.05, 4.69) is 14.9 Å². The fourth-order valence-electron chi connectivity index (χ4n) is 1.63. The van der Waals surface area contributed by atoms with Gasteiger partial charge in [-0.1, -0.05) is 29.4 Å². The van der Waals surface area contributed by atoms with E-state index in [0.717, 1.165) is 5.56 Å². The second kappa shape index (κ2) is 5.94. The third-order valence-electron chi connectivity index (χ3n) is 2.78. The van der Waals surface area contributed by atoms with Crippen molar-refractivity contribution in [2.75, 3.05) is 0 Å². The number of nitrogens with two attached hydrogens (primary N) is 1. The second-order valence-corrected chi connectivity index (χ2v) is 6.10. The molecule has 1 aromatic heterocycles. The van der Waals surface area contributed by atoms with Crippen LogP contribution in [-0.2, 0) is 23.6 Å².